The summed E-state index contributed by atoms with van der Waals surface area (Å²) in [7, 11) is 0. The molecule has 0 aliphatic carbocycles. The summed E-state index contributed by atoms with van der Waals surface area (Å²) in [4.78, 5) is 29.4. The second-order valence-corrected chi connectivity index (χ2v) is 4.87. The number of hydroxylamine groups is 2. The van der Waals surface area contributed by atoms with Crippen LogP contribution < -0.4 is 0 Å². The third-order valence-corrected chi connectivity index (χ3v) is 3.47. The molecule has 6 heteroatoms. The average Bonchev–Trinajstić information content (AvgIpc) is 2.71. The van der Waals surface area contributed by atoms with Gasteiger partial charge in [0.1, 0.15) is 12.4 Å². The van der Waals surface area contributed by atoms with E-state index in [9.17, 15) is 14.0 Å². The van der Waals surface area contributed by atoms with E-state index in [1.165, 1.54) is 12.1 Å². The smallest absolute Gasteiger partial charge is 0.266 e. The standard InChI is InChI=1S/C15H9ClFNO3/c16-13-7-10(17)6-5-9(13)8-21-18-14(19)11-3-1-2-4-12(11)15(18)20/h1-7H,8H2. The number of amides is 2. The van der Waals surface area contributed by atoms with Crippen molar-refractivity contribution in [1.82, 2.24) is 5.06 Å². The molecule has 1 heterocycles. The molecule has 0 fully saturated rings. The predicted molar refractivity (Wildman–Crippen MR) is 73.1 cm³/mol. The van der Waals surface area contributed by atoms with Gasteiger partial charge in [-0.05, 0) is 29.8 Å². The van der Waals surface area contributed by atoms with Crippen LogP contribution in [-0.2, 0) is 11.4 Å². The van der Waals surface area contributed by atoms with Crippen LogP contribution in [0, 0.1) is 5.82 Å². The summed E-state index contributed by atoms with van der Waals surface area (Å²) < 4.78 is 12.9. The van der Waals surface area contributed by atoms with Crippen LogP contribution in [0.2, 0.25) is 5.02 Å². The average molecular weight is 306 g/mol. The molecular weight excluding hydrogens is 297 g/mol. The highest BCUT2D eigenvalue weighted by atomic mass is 35.5. The van der Waals surface area contributed by atoms with Gasteiger partial charge in [-0.15, -0.1) is 5.06 Å². The molecule has 106 valence electrons. The molecule has 0 saturated carbocycles. The summed E-state index contributed by atoms with van der Waals surface area (Å²) >= 11 is 5.87. The van der Waals surface area contributed by atoms with Crippen LogP contribution in [-0.4, -0.2) is 16.9 Å². The highest BCUT2D eigenvalue weighted by Crippen LogP contribution is 2.24. The first-order valence-electron chi connectivity index (χ1n) is 6.12. The quantitative estimate of drug-likeness (QED) is 0.818. The van der Waals surface area contributed by atoms with Gasteiger partial charge in [0.2, 0.25) is 0 Å². The molecule has 1 aliphatic heterocycles. The molecule has 2 amide bonds. The maximum atomic E-state index is 12.9. The lowest BCUT2D eigenvalue weighted by Gasteiger charge is -2.14. The van der Waals surface area contributed by atoms with E-state index in [0.717, 1.165) is 6.07 Å². The summed E-state index contributed by atoms with van der Waals surface area (Å²) in [6.07, 6.45) is 0. The van der Waals surface area contributed by atoms with Crippen molar-refractivity contribution in [3.8, 4) is 0 Å². The SMILES string of the molecule is O=C1c2ccccc2C(=O)N1OCc1ccc(F)cc1Cl. The van der Waals surface area contributed by atoms with Gasteiger partial charge in [0.15, 0.2) is 0 Å². The Hall–Kier alpha value is -2.24. The lowest BCUT2D eigenvalue weighted by Crippen LogP contribution is -2.29. The minimum atomic E-state index is -0.520. The third-order valence-electron chi connectivity index (χ3n) is 3.12. The predicted octanol–water partition coefficient (Wildman–Crippen LogP) is 3.21. The Morgan fingerprint density at radius 3 is 2.24 bits per heavy atom. The molecule has 2 aromatic rings. The van der Waals surface area contributed by atoms with Crippen LogP contribution in [0.1, 0.15) is 26.3 Å². The molecule has 0 radical (unpaired) electrons. The minimum Gasteiger partial charge on any atom is -0.266 e. The Kier molecular flexibility index (Phi) is 3.45. The molecule has 0 bridgehead atoms. The van der Waals surface area contributed by atoms with Gasteiger partial charge in [-0.1, -0.05) is 29.8 Å². The van der Waals surface area contributed by atoms with Crippen LogP contribution in [0.5, 0.6) is 0 Å². The number of fused-ring (bicyclic) bond motifs is 1. The highest BCUT2D eigenvalue weighted by molar-refractivity contribution is 6.31. The number of carbonyl (C=O) groups excluding carboxylic acids is 2. The first-order valence-corrected chi connectivity index (χ1v) is 6.50. The molecule has 0 atom stereocenters. The number of rotatable bonds is 3. The first-order chi connectivity index (χ1) is 10.1. The summed E-state index contributed by atoms with van der Waals surface area (Å²) in [5, 5.41) is 0.872. The number of benzene rings is 2. The Morgan fingerprint density at radius 2 is 1.67 bits per heavy atom. The molecule has 0 saturated heterocycles. The second-order valence-electron chi connectivity index (χ2n) is 4.46. The highest BCUT2D eigenvalue weighted by Gasteiger charge is 2.36. The molecule has 0 N–H and O–H groups in total. The van der Waals surface area contributed by atoms with E-state index in [-0.39, 0.29) is 11.6 Å². The van der Waals surface area contributed by atoms with Crippen molar-refractivity contribution in [2.45, 2.75) is 6.61 Å². The number of halogens is 2. The van der Waals surface area contributed by atoms with Crippen LogP contribution in [0.4, 0.5) is 4.39 Å². The molecule has 0 unspecified atom stereocenters. The maximum Gasteiger partial charge on any atom is 0.285 e. The molecule has 0 spiro atoms. The van der Waals surface area contributed by atoms with Crippen molar-refractivity contribution >= 4 is 23.4 Å². The zero-order valence-corrected chi connectivity index (χ0v) is 11.4. The number of hydrogen-bond acceptors (Lipinski definition) is 3. The van der Waals surface area contributed by atoms with Crippen molar-refractivity contribution in [2.24, 2.45) is 0 Å². The number of carbonyl (C=O) groups is 2. The summed E-state index contributed by atoms with van der Waals surface area (Å²) in [5.41, 5.74) is 1.08. The zero-order valence-electron chi connectivity index (χ0n) is 10.7. The van der Waals surface area contributed by atoms with Gasteiger partial charge in [0, 0.05) is 5.02 Å². The summed E-state index contributed by atoms with van der Waals surface area (Å²) in [6, 6.07) is 10.3. The van der Waals surface area contributed by atoms with E-state index in [0.29, 0.717) is 21.8 Å². The van der Waals surface area contributed by atoms with Crippen LogP contribution in [0.15, 0.2) is 42.5 Å². The fourth-order valence-electron chi connectivity index (χ4n) is 2.06. The van der Waals surface area contributed by atoms with Crippen LogP contribution >= 0.6 is 11.6 Å². The van der Waals surface area contributed by atoms with Crippen molar-refractivity contribution in [1.29, 1.82) is 0 Å². The summed E-state index contributed by atoms with van der Waals surface area (Å²) in [6.45, 7) is -0.107. The van der Waals surface area contributed by atoms with E-state index in [4.69, 9.17) is 16.4 Å². The Balaban J connectivity index is 1.78. The van der Waals surface area contributed by atoms with Gasteiger partial charge in [0.05, 0.1) is 11.1 Å². The summed E-state index contributed by atoms with van der Waals surface area (Å²) in [5.74, 6) is -1.51. The van der Waals surface area contributed by atoms with E-state index in [2.05, 4.69) is 0 Å². The number of hydrogen-bond donors (Lipinski definition) is 0. The maximum absolute atomic E-state index is 12.9. The fraction of sp³-hybridized carbons (Fsp3) is 0.0667. The first kappa shape index (κ1) is 13.7. The second kappa shape index (κ2) is 5.27. The largest absolute Gasteiger partial charge is 0.285 e. The molecule has 21 heavy (non-hydrogen) atoms. The Morgan fingerprint density at radius 1 is 1.05 bits per heavy atom. The van der Waals surface area contributed by atoms with Gasteiger partial charge in [0.25, 0.3) is 11.8 Å². The zero-order chi connectivity index (χ0) is 15.0. The lowest BCUT2D eigenvalue weighted by atomic mass is 10.1. The van der Waals surface area contributed by atoms with Crippen molar-refractivity contribution in [3.05, 3.63) is 70.0 Å². The Bertz CT molecular complexity index is 712. The van der Waals surface area contributed by atoms with Crippen molar-refractivity contribution < 1.29 is 18.8 Å². The molecule has 1 aliphatic rings. The van der Waals surface area contributed by atoms with Gasteiger partial charge in [-0.2, -0.15) is 0 Å². The molecule has 4 nitrogen and oxygen atoms in total. The fourth-order valence-corrected chi connectivity index (χ4v) is 2.28. The van der Waals surface area contributed by atoms with Crippen molar-refractivity contribution in [3.63, 3.8) is 0 Å². The molecule has 0 aromatic heterocycles. The number of imide groups is 1. The molecule has 2 aromatic carbocycles. The van der Waals surface area contributed by atoms with Gasteiger partial charge >= 0.3 is 0 Å². The molecular formula is C15H9ClFNO3. The van der Waals surface area contributed by atoms with E-state index < -0.39 is 17.6 Å². The lowest BCUT2D eigenvalue weighted by molar-refractivity contribution is -0.101. The minimum absolute atomic E-state index is 0.107. The Labute approximate surface area is 124 Å². The van der Waals surface area contributed by atoms with Gasteiger partial charge in [-0.3, -0.25) is 14.4 Å². The number of nitrogens with zero attached hydrogens (tertiary/aromatic N) is 1. The monoisotopic (exact) mass is 305 g/mol. The third kappa shape index (κ3) is 2.41. The van der Waals surface area contributed by atoms with Crippen molar-refractivity contribution in [2.75, 3.05) is 0 Å². The van der Waals surface area contributed by atoms with E-state index >= 15 is 0 Å². The van der Waals surface area contributed by atoms with Gasteiger partial charge in [-0.25, -0.2) is 4.39 Å². The normalized spacial score (nSPS) is 13.7. The van der Waals surface area contributed by atoms with Gasteiger partial charge < -0.3 is 0 Å². The van der Waals surface area contributed by atoms with Crippen LogP contribution in [0.3, 0.4) is 0 Å². The van der Waals surface area contributed by atoms with E-state index in [1.54, 1.807) is 24.3 Å². The topological polar surface area (TPSA) is 46.6 Å². The molecule has 3 rings (SSSR count). The van der Waals surface area contributed by atoms with Crippen LogP contribution in [0.25, 0.3) is 0 Å². The van der Waals surface area contributed by atoms with E-state index in [1.807, 2.05) is 0 Å².